The van der Waals surface area contributed by atoms with Gasteiger partial charge in [-0.25, -0.2) is 8.42 Å². The average Bonchev–Trinajstić information content (AvgIpc) is 2.56. The van der Waals surface area contributed by atoms with Crippen LogP contribution in [0.3, 0.4) is 0 Å². The molecule has 0 aliphatic carbocycles. The van der Waals surface area contributed by atoms with E-state index in [1.807, 2.05) is 65.0 Å². The van der Waals surface area contributed by atoms with Gasteiger partial charge in [0.15, 0.2) is 0 Å². The van der Waals surface area contributed by atoms with Crippen LogP contribution in [0.5, 0.6) is 0 Å². The van der Waals surface area contributed by atoms with E-state index in [9.17, 15) is 13.2 Å². The lowest BCUT2D eigenvalue weighted by molar-refractivity contribution is -0.120. The normalized spacial score (nSPS) is 12.5. The van der Waals surface area contributed by atoms with Crippen molar-refractivity contribution in [3.05, 3.63) is 64.2 Å². The molecule has 0 aliphatic rings. The molecule has 0 aliphatic heterocycles. The Morgan fingerprint density at radius 1 is 1.00 bits per heavy atom. The number of sulfonamides is 1. The van der Waals surface area contributed by atoms with Crippen LogP contribution < -0.4 is 9.62 Å². The predicted molar refractivity (Wildman–Crippen MR) is 111 cm³/mol. The largest absolute Gasteiger partial charge is 0.348 e. The number of hydrogen-bond donors (Lipinski definition) is 1. The van der Waals surface area contributed by atoms with E-state index < -0.39 is 10.0 Å². The summed E-state index contributed by atoms with van der Waals surface area (Å²) in [6.07, 6.45) is 1.12. The van der Waals surface area contributed by atoms with E-state index in [1.54, 1.807) is 6.07 Å². The van der Waals surface area contributed by atoms with Gasteiger partial charge in [0.05, 0.1) is 18.0 Å². The van der Waals surface area contributed by atoms with Crippen LogP contribution in [-0.2, 0) is 14.8 Å². The predicted octanol–water partition coefficient (Wildman–Crippen LogP) is 3.56. The smallest absolute Gasteiger partial charge is 0.241 e. The number of benzene rings is 2. The second-order valence-corrected chi connectivity index (χ2v) is 9.10. The van der Waals surface area contributed by atoms with Crippen LogP contribution in [0.2, 0.25) is 0 Å². The summed E-state index contributed by atoms with van der Waals surface area (Å²) in [7, 11) is -3.59. The van der Waals surface area contributed by atoms with E-state index >= 15 is 0 Å². The van der Waals surface area contributed by atoms with Gasteiger partial charge in [-0.3, -0.25) is 9.10 Å². The first-order valence-corrected chi connectivity index (χ1v) is 10.8. The van der Waals surface area contributed by atoms with Crippen LogP contribution in [0.4, 0.5) is 5.69 Å². The van der Waals surface area contributed by atoms with E-state index in [0.717, 1.165) is 32.8 Å². The zero-order chi connectivity index (χ0) is 20.4. The third kappa shape index (κ3) is 5.32. The fraction of sp³-hybridized carbons (Fsp3) is 0.381. The molecular formula is C21H28N2O3S. The van der Waals surface area contributed by atoms with Gasteiger partial charge >= 0.3 is 0 Å². The van der Waals surface area contributed by atoms with Crippen molar-refractivity contribution < 1.29 is 13.2 Å². The lowest BCUT2D eigenvalue weighted by atomic mass is 10.0. The first-order valence-electron chi connectivity index (χ1n) is 8.90. The van der Waals surface area contributed by atoms with Crippen molar-refractivity contribution in [1.82, 2.24) is 5.32 Å². The molecule has 2 aromatic rings. The van der Waals surface area contributed by atoms with Gasteiger partial charge in [-0.2, -0.15) is 0 Å². The monoisotopic (exact) mass is 388 g/mol. The van der Waals surface area contributed by atoms with Crippen LogP contribution in [-0.4, -0.2) is 27.1 Å². The first kappa shape index (κ1) is 21.0. The lowest BCUT2D eigenvalue weighted by Gasteiger charge is -2.25. The summed E-state index contributed by atoms with van der Waals surface area (Å²) in [5, 5.41) is 2.90. The number of amides is 1. The summed E-state index contributed by atoms with van der Waals surface area (Å²) in [5.41, 5.74) is 5.61. The molecule has 1 amide bonds. The Balaban J connectivity index is 2.21. The number of carbonyl (C=O) groups is 1. The molecule has 1 N–H and O–H groups in total. The SMILES string of the molecule is Cc1ccc(C)c(N(CC(=O)N[C@@H](C)c2ccc(C)c(C)c2)S(C)(=O)=O)c1. The van der Waals surface area contributed by atoms with Crippen molar-refractivity contribution in [2.45, 2.75) is 40.7 Å². The Kier molecular flexibility index (Phi) is 6.31. The molecule has 6 heteroatoms. The third-order valence-corrected chi connectivity index (χ3v) is 5.86. The number of rotatable bonds is 6. The van der Waals surface area contributed by atoms with E-state index in [0.29, 0.717) is 5.69 Å². The van der Waals surface area contributed by atoms with E-state index in [1.165, 1.54) is 5.56 Å². The molecule has 0 radical (unpaired) electrons. The number of aryl methyl sites for hydroxylation is 4. The van der Waals surface area contributed by atoms with Crippen LogP contribution in [0.1, 0.15) is 40.8 Å². The van der Waals surface area contributed by atoms with Gasteiger partial charge in [-0.05, 0) is 68.5 Å². The number of anilines is 1. The number of hydrogen-bond acceptors (Lipinski definition) is 3. The van der Waals surface area contributed by atoms with Crippen molar-refractivity contribution in [2.75, 3.05) is 17.1 Å². The Morgan fingerprint density at radius 3 is 2.22 bits per heavy atom. The Bertz CT molecular complexity index is 952. The molecule has 2 aromatic carbocycles. The minimum Gasteiger partial charge on any atom is -0.348 e. The maximum Gasteiger partial charge on any atom is 0.241 e. The molecule has 0 aromatic heterocycles. The molecule has 5 nitrogen and oxygen atoms in total. The fourth-order valence-corrected chi connectivity index (χ4v) is 3.81. The molecule has 146 valence electrons. The Morgan fingerprint density at radius 2 is 1.63 bits per heavy atom. The highest BCUT2D eigenvalue weighted by Gasteiger charge is 2.23. The second-order valence-electron chi connectivity index (χ2n) is 7.19. The van der Waals surface area contributed by atoms with Gasteiger partial charge in [0.25, 0.3) is 0 Å². The standard InChI is InChI=1S/C21H28N2O3S/c1-14-7-8-16(3)20(11-14)23(27(6,25)26)13-21(24)22-18(5)19-10-9-15(2)17(4)12-19/h7-12,18H,13H2,1-6H3,(H,22,24)/t18-/m0/s1. The quantitative estimate of drug-likeness (QED) is 0.823. The van der Waals surface area contributed by atoms with Gasteiger partial charge in [-0.15, -0.1) is 0 Å². The molecular weight excluding hydrogens is 360 g/mol. The van der Waals surface area contributed by atoms with Gasteiger partial charge in [0.2, 0.25) is 15.9 Å². The maximum atomic E-state index is 12.6. The highest BCUT2D eigenvalue weighted by atomic mass is 32.2. The summed E-state index contributed by atoms with van der Waals surface area (Å²) >= 11 is 0. The Labute approximate surface area is 162 Å². The molecule has 0 bridgehead atoms. The maximum absolute atomic E-state index is 12.6. The van der Waals surface area contributed by atoms with Crippen molar-refractivity contribution >= 4 is 21.6 Å². The van der Waals surface area contributed by atoms with Crippen LogP contribution in [0, 0.1) is 27.7 Å². The molecule has 0 saturated heterocycles. The summed E-state index contributed by atoms with van der Waals surface area (Å²) in [4.78, 5) is 12.6. The van der Waals surface area contributed by atoms with Gasteiger partial charge in [0.1, 0.15) is 6.54 Å². The molecule has 0 fully saturated rings. The number of nitrogens with one attached hydrogen (secondary N) is 1. The summed E-state index contributed by atoms with van der Waals surface area (Å²) < 4.78 is 25.8. The summed E-state index contributed by atoms with van der Waals surface area (Å²) in [5.74, 6) is -0.341. The second kappa shape index (κ2) is 8.13. The molecule has 27 heavy (non-hydrogen) atoms. The van der Waals surface area contributed by atoms with E-state index in [4.69, 9.17) is 0 Å². The Hall–Kier alpha value is -2.34. The summed E-state index contributed by atoms with van der Waals surface area (Å²) in [6, 6.07) is 11.4. The van der Waals surface area contributed by atoms with Crippen LogP contribution >= 0.6 is 0 Å². The lowest BCUT2D eigenvalue weighted by Crippen LogP contribution is -2.41. The zero-order valence-electron chi connectivity index (χ0n) is 16.8. The molecule has 0 heterocycles. The molecule has 2 rings (SSSR count). The zero-order valence-corrected chi connectivity index (χ0v) is 17.6. The first-order chi connectivity index (χ1) is 12.5. The van der Waals surface area contributed by atoms with Crippen molar-refractivity contribution in [3.8, 4) is 0 Å². The van der Waals surface area contributed by atoms with E-state index in [-0.39, 0.29) is 18.5 Å². The van der Waals surface area contributed by atoms with E-state index in [2.05, 4.69) is 5.32 Å². The van der Waals surface area contributed by atoms with Crippen molar-refractivity contribution in [3.63, 3.8) is 0 Å². The highest BCUT2D eigenvalue weighted by molar-refractivity contribution is 7.92. The molecule has 0 spiro atoms. The minimum absolute atomic E-state index is 0.211. The number of carbonyl (C=O) groups excluding carboxylic acids is 1. The molecule has 0 saturated carbocycles. The van der Waals surface area contributed by atoms with Gasteiger partial charge in [-0.1, -0.05) is 30.3 Å². The molecule has 0 unspecified atom stereocenters. The van der Waals surface area contributed by atoms with Crippen LogP contribution in [0.15, 0.2) is 36.4 Å². The van der Waals surface area contributed by atoms with Crippen molar-refractivity contribution in [2.24, 2.45) is 0 Å². The molecule has 1 atom stereocenters. The van der Waals surface area contributed by atoms with Gasteiger partial charge in [0, 0.05) is 0 Å². The average molecular weight is 389 g/mol. The summed E-state index contributed by atoms with van der Waals surface area (Å²) in [6.45, 7) is 9.44. The fourth-order valence-electron chi connectivity index (χ4n) is 2.90. The van der Waals surface area contributed by atoms with Crippen molar-refractivity contribution in [1.29, 1.82) is 0 Å². The van der Waals surface area contributed by atoms with Gasteiger partial charge < -0.3 is 5.32 Å². The highest BCUT2D eigenvalue weighted by Crippen LogP contribution is 2.24. The third-order valence-electron chi connectivity index (χ3n) is 4.73. The minimum atomic E-state index is -3.59. The topological polar surface area (TPSA) is 66.5 Å². The van der Waals surface area contributed by atoms with Crippen LogP contribution in [0.25, 0.3) is 0 Å². The number of nitrogens with zero attached hydrogens (tertiary/aromatic N) is 1.